The molecule has 5 rings (SSSR count). The zero-order chi connectivity index (χ0) is 25.8. The fourth-order valence-electron chi connectivity index (χ4n) is 6.40. The summed E-state index contributed by atoms with van der Waals surface area (Å²) in [5, 5.41) is 10.8. The lowest BCUT2D eigenvalue weighted by atomic mass is 9.75. The van der Waals surface area contributed by atoms with E-state index in [9.17, 15) is 19.5 Å². The zero-order valence-electron chi connectivity index (χ0n) is 20.6. The second kappa shape index (κ2) is 9.01. The largest absolute Gasteiger partial charge is 0.461 e. The summed E-state index contributed by atoms with van der Waals surface area (Å²) in [6, 6.07) is 5.32. The van der Waals surface area contributed by atoms with E-state index in [1.54, 1.807) is 60.4 Å². The van der Waals surface area contributed by atoms with Crippen molar-refractivity contribution in [3.05, 3.63) is 53.6 Å². The number of aliphatic hydroxyl groups excluding tert-OH is 1. The van der Waals surface area contributed by atoms with Crippen molar-refractivity contribution in [1.82, 2.24) is 4.90 Å². The molecule has 2 saturated heterocycles. The first-order valence-electron chi connectivity index (χ1n) is 12.4. The van der Waals surface area contributed by atoms with Gasteiger partial charge >= 0.3 is 5.97 Å². The lowest BCUT2D eigenvalue weighted by Crippen LogP contribution is -2.59. The summed E-state index contributed by atoms with van der Waals surface area (Å²) in [4.78, 5) is 44.8. The van der Waals surface area contributed by atoms with Gasteiger partial charge in [-0.2, -0.15) is 0 Å². The molecule has 2 fully saturated rings. The minimum atomic E-state index is -1.41. The molecule has 4 aliphatic heterocycles. The van der Waals surface area contributed by atoms with Crippen LogP contribution in [0.15, 0.2) is 48.6 Å². The lowest BCUT2D eigenvalue weighted by molar-refractivity contribution is -0.158. The minimum Gasteiger partial charge on any atom is -0.461 e. The Kier molecular flexibility index (Phi) is 6.25. The number of hydrogen-bond acceptors (Lipinski definition) is 6. The van der Waals surface area contributed by atoms with Crippen molar-refractivity contribution in [1.29, 1.82) is 0 Å². The van der Waals surface area contributed by atoms with Gasteiger partial charge in [0, 0.05) is 6.54 Å². The third-order valence-corrected chi connectivity index (χ3v) is 8.06. The van der Waals surface area contributed by atoms with Crippen LogP contribution in [0.2, 0.25) is 5.02 Å². The molecule has 1 N–H and O–H groups in total. The van der Waals surface area contributed by atoms with Crippen LogP contribution in [0, 0.1) is 17.8 Å². The Morgan fingerprint density at radius 3 is 2.56 bits per heavy atom. The number of nitrogens with zero attached hydrogens (tertiary/aromatic N) is 2. The average molecular weight is 515 g/mol. The molecule has 0 bridgehead atoms. The zero-order valence-corrected chi connectivity index (χ0v) is 21.4. The Labute approximate surface area is 215 Å². The van der Waals surface area contributed by atoms with E-state index in [1.807, 2.05) is 13.8 Å². The van der Waals surface area contributed by atoms with Crippen molar-refractivity contribution in [3.8, 4) is 0 Å². The minimum absolute atomic E-state index is 0.0943. The van der Waals surface area contributed by atoms with Gasteiger partial charge in [-0.3, -0.25) is 14.4 Å². The Morgan fingerprint density at radius 2 is 1.86 bits per heavy atom. The van der Waals surface area contributed by atoms with Crippen molar-refractivity contribution in [2.75, 3.05) is 24.7 Å². The van der Waals surface area contributed by atoms with Crippen LogP contribution in [0.5, 0.6) is 0 Å². The van der Waals surface area contributed by atoms with Crippen LogP contribution in [-0.2, 0) is 23.9 Å². The molecule has 4 heterocycles. The van der Waals surface area contributed by atoms with E-state index >= 15 is 0 Å². The maximum atomic E-state index is 14.4. The van der Waals surface area contributed by atoms with Crippen molar-refractivity contribution in [3.63, 3.8) is 0 Å². The first-order chi connectivity index (χ1) is 17.1. The van der Waals surface area contributed by atoms with Gasteiger partial charge < -0.3 is 24.4 Å². The smallest absolute Gasteiger partial charge is 0.313 e. The number of carbonyl (C=O) groups excluding carboxylic acids is 3. The highest BCUT2D eigenvalue weighted by molar-refractivity contribution is 6.34. The summed E-state index contributed by atoms with van der Waals surface area (Å²) in [5.41, 5.74) is -2.02. The first-order valence-corrected chi connectivity index (χ1v) is 12.7. The van der Waals surface area contributed by atoms with Crippen LogP contribution in [0.3, 0.4) is 0 Å². The number of hydrogen-bond donors (Lipinski definition) is 1. The number of halogens is 1. The molecule has 0 aromatic heterocycles. The van der Waals surface area contributed by atoms with Gasteiger partial charge in [0.15, 0.2) is 0 Å². The number of anilines is 1. The van der Waals surface area contributed by atoms with E-state index in [1.165, 1.54) is 4.90 Å². The third-order valence-electron chi connectivity index (χ3n) is 7.74. The second-order valence-electron chi connectivity index (χ2n) is 10.5. The van der Waals surface area contributed by atoms with E-state index in [4.69, 9.17) is 21.1 Å². The van der Waals surface area contributed by atoms with E-state index in [2.05, 4.69) is 0 Å². The van der Waals surface area contributed by atoms with Crippen molar-refractivity contribution < 1.29 is 29.0 Å². The normalized spacial score (nSPS) is 34.3. The summed E-state index contributed by atoms with van der Waals surface area (Å²) >= 11 is 6.47. The van der Waals surface area contributed by atoms with Gasteiger partial charge in [0.1, 0.15) is 24.2 Å². The molecule has 8 nitrogen and oxygen atoms in total. The number of para-hydroxylation sites is 1. The molecule has 6 atom stereocenters. The van der Waals surface area contributed by atoms with E-state index in [0.29, 0.717) is 17.1 Å². The molecule has 0 radical (unpaired) electrons. The first kappa shape index (κ1) is 25.0. The number of fused-ring (bicyclic) bond motifs is 2. The Balaban J connectivity index is 1.69. The number of amides is 2. The van der Waals surface area contributed by atoms with Gasteiger partial charge in [-0.25, -0.2) is 0 Å². The number of cyclic esters (lactones) is 1. The van der Waals surface area contributed by atoms with Gasteiger partial charge in [0.05, 0.1) is 34.9 Å². The van der Waals surface area contributed by atoms with Gasteiger partial charge in [-0.05, 0) is 37.5 Å². The molecule has 1 unspecified atom stereocenters. The standard InChI is InChI=1S/C27H31ClN2O6/c1-16(2)14-17(15-31)30-22-24(33)29(19-9-5-4-8-18(19)28)12-6-11-27(22)20(23(30)32)21-25(34)35-13-7-10-26(21,3)36-27/h4-11,16-17,20-22,31H,12-15H2,1-3H3/t17-,20+,21+,22?,26-,27+/m1/s1. The maximum absolute atomic E-state index is 14.4. The summed E-state index contributed by atoms with van der Waals surface area (Å²) in [6.07, 6.45) is 7.51. The number of ether oxygens (including phenoxy) is 2. The Bertz CT molecular complexity index is 1150. The molecule has 1 aromatic carbocycles. The highest BCUT2D eigenvalue weighted by Gasteiger charge is 2.75. The number of esters is 1. The van der Waals surface area contributed by atoms with Crippen LogP contribution in [0.1, 0.15) is 27.2 Å². The predicted octanol–water partition coefficient (Wildman–Crippen LogP) is 2.73. The van der Waals surface area contributed by atoms with Gasteiger partial charge in [-0.1, -0.05) is 55.8 Å². The number of likely N-dealkylation sites (tertiary alicyclic amines) is 1. The summed E-state index contributed by atoms with van der Waals surface area (Å²) in [6.45, 7) is 5.73. The Morgan fingerprint density at radius 1 is 1.11 bits per heavy atom. The lowest BCUT2D eigenvalue weighted by Gasteiger charge is -2.40. The quantitative estimate of drug-likeness (QED) is 0.479. The number of aliphatic hydroxyl groups is 1. The van der Waals surface area contributed by atoms with Crippen LogP contribution < -0.4 is 4.90 Å². The van der Waals surface area contributed by atoms with Gasteiger partial charge in [0.25, 0.3) is 5.91 Å². The fraction of sp³-hybridized carbons (Fsp3) is 0.519. The van der Waals surface area contributed by atoms with Gasteiger partial charge in [-0.15, -0.1) is 0 Å². The van der Waals surface area contributed by atoms with Gasteiger partial charge in [0.2, 0.25) is 5.91 Å². The van der Waals surface area contributed by atoms with Crippen molar-refractivity contribution in [2.45, 2.75) is 50.5 Å². The van der Waals surface area contributed by atoms with Crippen LogP contribution in [0.4, 0.5) is 5.69 Å². The van der Waals surface area contributed by atoms with Crippen LogP contribution in [-0.4, -0.2) is 70.8 Å². The molecule has 4 aliphatic rings. The highest BCUT2D eigenvalue weighted by atomic mass is 35.5. The third kappa shape index (κ3) is 3.61. The topological polar surface area (TPSA) is 96.4 Å². The second-order valence-corrected chi connectivity index (χ2v) is 11.0. The van der Waals surface area contributed by atoms with Crippen molar-refractivity contribution in [2.24, 2.45) is 17.8 Å². The molecular weight excluding hydrogens is 484 g/mol. The molecule has 9 heteroatoms. The van der Waals surface area contributed by atoms with E-state index < -0.39 is 41.1 Å². The molecule has 1 aromatic rings. The monoisotopic (exact) mass is 514 g/mol. The fourth-order valence-corrected chi connectivity index (χ4v) is 6.63. The average Bonchev–Trinajstić information content (AvgIpc) is 3.09. The predicted molar refractivity (Wildman–Crippen MR) is 133 cm³/mol. The Hall–Kier alpha value is -2.68. The molecular formula is C27H31ClN2O6. The van der Waals surface area contributed by atoms with E-state index in [0.717, 1.165) is 0 Å². The molecule has 2 amide bonds. The summed E-state index contributed by atoms with van der Waals surface area (Å²) < 4.78 is 12.1. The van der Waals surface area contributed by atoms with Crippen LogP contribution in [0.25, 0.3) is 0 Å². The van der Waals surface area contributed by atoms with Crippen LogP contribution >= 0.6 is 11.6 Å². The molecule has 36 heavy (non-hydrogen) atoms. The highest BCUT2D eigenvalue weighted by Crippen LogP contribution is 2.58. The molecule has 0 aliphatic carbocycles. The SMILES string of the molecule is CC(C)C[C@H](CO)N1C(=O)[C@@H]2[C@H]3C(=O)OCC=C[C@@]3(C)O[C@@]23C=CCN(c2ccccc2Cl)C(=O)C13. The maximum Gasteiger partial charge on any atom is 0.313 e. The molecule has 192 valence electrons. The number of carbonyl (C=O) groups is 3. The van der Waals surface area contributed by atoms with E-state index in [-0.39, 0.29) is 37.5 Å². The molecule has 0 saturated carbocycles. The number of rotatable bonds is 5. The molecule has 1 spiro atoms. The summed E-state index contributed by atoms with van der Waals surface area (Å²) in [5.74, 6) is -3.05. The summed E-state index contributed by atoms with van der Waals surface area (Å²) in [7, 11) is 0. The number of benzene rings is 1. The van der Waals surface area contributed by atoms with Crippen molar-refractivity contribution >= 4 is 35.1 Å².